The van der Waals surface area contributed by atoms with Crippen LogP contribution in [0, 0.1) is 6.92 Å². The number of carbonyl (C=O) groups excluding carboxylic acids is 1. The monoisotopic (exact) mass is 414 g/mol. The molecule has 8 heteroatoms. The van der Waals surface area contributed by atoms with Crippen LogP contribution >= 0.6 is 0 Å². The number of H-pyrrole nitrogens is 1. The van der Waals surface area contributed by atoms with Gasteiger partial charge in [-0.3, -0.25) is 9.69 Å². The number of hydrogen-bond acceptors (Lipinski definition) is 4. The number of ether oxygens (including phenoxy) is 1. The summed E-state index contributed by atoms with van der Waals surface area (Å²) in [5.74, 6) is -0.648. The molecule has 0 saturated carbocycles. The standard InChI is InChI=1S/C22H24F2N4O2/c1-14-3-2-4-15(11-14)19(28-7-9-30-10-8-28)13-25-22(29)16-5-6-17-18(12-16)27-21(26-17)20(23)24/h2-6,11-12,19-20H,7-10,13H2,1H3,(H,25,29)(H,26,27). The van der Waals surface area contributed by atoms with Crippen molar-refractivity contribution in [2.75, 3.05) is 32.8 Å². The van der Waals surface area contributed by atoms with E-state index in [2.05, 4.69) is 32.3 Å². The Morgan fingerprint density at radius 1 is 1.23 bits per heavy atom. The van der Waals surface area contributed by atoms with E-state index < -0.39 is 12.2 Å². The quantitative estimate of drug-likeness (QED) is 0.647. The lowest BCUT2D eigenvalue weighted by Gasteiger charge is -2.35. The van der Waals surface area contributed by atoms with E-state index in [1.165, 1.54) is 0 Å². The topological polar surface area (TPSA) is 70.2 Å². The number of aromatic amines is 1. The van der Waals surface area contributed by atoms with Gasteiger partial charge in [-0.05, 0) is 30.7 Å². The number of nitrogens with zero attached hydrogens (tertiary/aromatic N) is 2. The average molecular weight is 414 g/mol. The van der Waals surface area contributed by atoms with E-state index >= 15 is 0 Å². The zero-order valence-corrected chi connectivity index (χ0v) is 16.7. The Morgan fingerprint density at radius 3 is 2.77 bits per heavy atom. The lowest BCUT2D eigenvalue weighted by atomic mass is 10.0. The van der Waals surface area contributed by atoms with Crippen LogP contribution in [0.1, 0.15) is 39.8 Å². The number of hydrogen-bond donors (Lipinski definition) is 2. The van der Waals surface area contributed by atoms with Crippen LogP contribution in [0.15, 0.2) is 42.5 Å². The number of carbonyl (C=O) groups is 1. The molecular formula is C22H24F2N4O2. The number of rotatable bonds is 6. The first-order valence-corrected chi connectivity index (χ1v) is 9.95. The number of imidazole rings is 1. The highest BCUT2D eigenvalue weighted by Crippen LogP contribution is 2.23. The highest BCUT2D eigenvalue weighted by molar-refractivity contribution is 5.97. The molecule has 1 aliphatic heterocycles. The first kappa shape index (κ1) is 20.4. The smallest absolute Gasteiger partial charge is 0.295 e. The molecule has 1 saturated heterocycles. The van der Waals surface area contributed by atoms with Gasteiger partial charge in [0.05, 0.1) is 30.3 Å². The third-order valence-electron chi connectivity index (χ3n) is 5.34. The van der Waals surface area contributed by atoms with Crippen molar-refractivity contribution in [3.05, 3.63) is 65.0 Å². The SMILES string of the molecule is Cc1cccc(C(CNC(=O)c2ccc3nc(C(F)F)[nH]c3c2)N2CCOCC2)c1. The molecule has 1 atom stereocenters. The van der Waals surface area contributed by atoms with Crippen molar-refractivity contribution >= 4 is 16.9 Å². The normalized spacial score (nSPS) is 16.1. The fourth-order valence-corrected chi connectivity index (χ4v) is 3.79. The maximum atomic E-state index is 12.9. The summed E-state index contributed by atoms with van der Waals surface area (Å²) in [5, 5.41) is 3.00. The second kappa shape index (κ2) is 8.89. The van der Waals surface area contributed by atoms with Crippen molar-refractivity contribution in [2.24, 2.45) is 0 Å². The highest BCUT2D eigenvalue weighted by atomic mass is 19.3. The molecule has 4 rings (SSSR count). The minimum Gasteiger partial charge on any atom is -0.379 e. The van der Waals surface area contributed by atoms with E-state index in [0.29, 0.717) is 36.4 Å². The van der Waals surface area contributed by atoms with Crippen LogP contribution in [-0.4, -0.2) is 53.6 Å². The maximum absolute atomic E-state index is 12.9. The molecule has 1 unspecified atom stereocenters. The predicted molar refractivity (Wildman–Crippen MR) is 110 cm³/mol. The third-order valence-corrected chi connectivity index (χ3v) is 5.34. The van der Waals surface area contributed by atoms with Crippen molar-refractivity contribution in [3.8, 4) is 0 Å². The molecule has 3 aromatic rings. The molecule has 6 nitrogen and oxygen atoms in total. The summed E-state index contributed by atoms with van der Waals surface area (Å²) in [6.07, 6.45) is -2.68. The summed E-state index contributed by atoms with van der Waals surface area (Å²) in [6, 6.07) is 13.0. The van der Waals surface area contributed by atoms with Crippen molar-refractivity contribution in [3.63, 3.8) is 0 Å². The maximum Gasteiger partial charge on any atom is 0.295 e. The van der Waals surface area contributed by atoms with Gasteiger partial charge in [0.2, 0.25) is 0 Å². The molecular weight excluding hydrogens is 390 g/mol. The number of aryl methyl sites for hydroxylation is 1. The van der Waals surface area contributed by atoms with E-state index in [9.17, 15) is 13.6 Å². The third kappa shape index (κ3) is 4.49. The summed E-state index contributed by atoms with van der Waals surface area (Å²) < 4.78 is 31.2. The molecule has 0 radical (unpaired) electrons. The van der Waals surface area contributed by atoms with Crippen molar-refractivity contribution in [2.45, 2.75) is 19.4 Å². The average Bonchev–Trinajstić information content (AvgIpc) is 3.18. The number of amides is 1. The van der Waals surface area contributed by atoms with Gasteiger partial charge in [0, 0.05) is 25.2 Å². The van der Waals surface area contributed by atoms with Gasteiger partial charge in [0.15, 0.2) is 5.82 Å². The lowest BCUT2D eigenvalue weighted by Crippen LogP contribution is -2.43. The zero-order valence-electron chi connectivity index (χ0n) is 16.7. The van der Waals surface area contributed by atoms with Crippen LogP contribution in [0.5, 0.6) is 0 Å². The number of halogens is 2. The minimum atomic E-state index is -2.68. The molecule has 158 valence electrons. The van der Waals surface area contributed by atoms with E-state index in [1.54, 1.807) is 18.2 Å². The van der Waals surface area contributed by atoms with Crippen LogP contribution in [0.25, 0.3) is 11.0 Å². The lowest BCUT2D eigenvalue weighted by molar-refractivity contribution is 0.0162. The molecule has 2 heterocycles. The summed E-state index contributed by atoms with van der Waals surface area (Å²) in [5.41, 5.74) is 3.53. The molecule has 0 spiro atoms. The molecule has 2 N–H and O–H groups in total. The highest BCUT2D eigenvalue weighted by Gasteiger charge is 2.23. The Balaban J connectivity index is 1.51. The molecule has 2 aromatic carbocycles. The van der Waals surface area contributed by atoms with E-state index in [-0.39, 0.29) is 11.9 Å². The fourth-order valence-electron chi connectivity index (χ4n) is 3.79. The fraction of sp³-hybridized carbons (Fsp3) is 0.364. The van der Waals surface area contributed by atoms with Crippen LogP contribution in [0.4, 0.5) is 8.78 Å². The minimum absolute atomic E-state index is 0.0269. The molecule has 0 bridgehead atoms. The van der Waals surface area contributed by atoms with Crippen LogP contribution in [0.3, 0.4) is 0 Å². The van der Waals surface area contributed by atoms with Crippen molar-refractivity contribution in [1.82, 2.24) is 20.2 Å². The number of nitrogens with one attached hydrogen (secondary N) is 2. The molecule has 30 heavy (non-hydrogen) atoms. The van der Waals surface area contributed by atoms with E-state index in [4.69, 9.17) is 4.74 Å². The summed E-state index contributed by atoms with van der Waals surface area (Å²) in [6.45, 7) is 5.41. The molecule has 1 amide bonds. The molecule has 1 aliphatic rings. The predicted octanol–water partition coefficient (Wildman–Crippen LogP) is 3.61. The second-order valence-corrected chi connectivity index (χ2v) is 7.44. The van der Waals surface area contributed by atoms with Gasteiger partial charge >= 0.3 is 0 Å². The summed E-state index contributed by atoms with van der Waals surface area (Å²) in [4.78, 5) is 21.5. The van der Waals surface area contributed by atoms with Crippen molar-refractivity contribution < 1.29 is 18.3 Å². The molecule has 1 fully saturated rings. The Hall–Kier alpha value is -2.84. The number of benzene rings is 2. The van der Waals surface area contributed by atoms with Crippen LogP contribution in [-0.2, 0) is 4.74 Å². The number of aromatic nitrogens is 2. The van der Waals surface area contributed by atoms with Gasteiger partial charge < -0.3 is 15.0 Å². The first-order chi connectivity index (χ1) is 14.5. The Kier molecular flexibility index (Phi) is 6.06. The van der Waals surface area contributed by atoms with Crippen molar-refractivity contribution in [1.29, 1.82) is 0 Å². The molecule has 1 aromatic heterocycles. The van der Waals surface area contributed by atoms with Gasteiger partial charge in [-0.2, -0.15) is 0 Å². The number of fused-ring (bicyclic) bond motifs is 1. The van der Waals surface area contributed by atoms with Crippen LogP contribution in [0.2, 0.25) is 0 Å². The summed E-state index contributed by atoms with van der Waals surface area (Å²) in [7, 11) is 0. The van der Waals surface area contributed by atoms with E-state index in [1.807, 2.05) is 19.1 Å². The Bertz CT molecular complexity index is 1030. The second-order valence-electron chi connectivity index (χ2n) is 7.44. The van der Waals surface area contributed by atoms with Gasteiger partial charge in [0.1, 0.15) is 0 Å². The Labute approximate surface area is 173 Å². The van der Waals surface area contributed by atoms with E-state index in [0.717, 1.165) is 24.2 Å². The Morgan fingerprint density at radius 2 is 2.03 bits per heavy atom. The number of alkyl halides is 2. The van der Waals surface area contributed by atoms with Gasteiger partial charge in [-0.15, -0.1) is 0 Å². The summed E-state index contributed by atoms with van der Waals surface area (Å²) >= 11 is 0. The largest absolute Gasteiger partial charge is 0.379 e. The molecule has 0 aliphatic carbocycles. The van der Waals surface area contributed by atoms with Gasteiger partial charge in [-0.1, -0.05) is 29.8 Å². The van der Waals surface area contributed by atoms with Gasteiger partial charge in [0.25, 0.3) is 12.3 Å². The van der Waals surface area contributed by atoms with Crippen LogP contribution < -0.4 is 5.32 Å². The zero-order chi connectivity index (χ0) is 21.1. The number of morpholine rings is 1. The van der Waals surface area contributed by atoms with Gasteiger partial charge in [-0.25, -0.2) is 13.8 Å². The first-order valence-electron chi connectivity index (χ1n) is 9.95.